The summed E-state index contributed by atoms with van der Waals surface area (Å²) in [6.45, 7) is 3.38. The Kier molecular flexibility index (Phi) is 3.87. The Morgan fingerprint density at radius 2 is 1.90 bits per heavy atom. The van der Waals surface area contributed by atoms with E-state index in [9.17, 15) is 8.42 Å². The Bertz CT molecular complexity index is 836. The van der Waals surface area contributed by atoms with Crippen molar-refractivity contribution in [3.05, 3.63) is 53.1 Å². The van der Waals surface area contributed by atoms with E-state index in [1.807, 2.05) is 6.07 Å². The molecule has 2 rings (SSSR count). The Morgan fingerprint density at radius 1 is 1.19 bits per heavy atom. The number of nitrogen functional groups attached to an aromatic ring is 1. The van der Waals surface area contributed by atoms with Crippen molar-refractivity contribution in [1.29, 1.82) is 5.26 Å². The number of anilines is 2. The monoisotopic (exact) mass is 301 g/mol. The maximum absolute atomic E-state index is 12.5. The highest BCUT2D eigenvalue weighted by atomic mass is 32.2. The van der Waals surface area contributed by atoms with E-state index in [4.69, 9.17) is 11.0 Å². The van der Waals surface area contributed by atoms with Gasteiger partial charge in [0, 0.05) is 5.69 Å². The zero-order valence-corrected chi connectivity index (χ0v) is 12.5. The normalized spacial score (nSPS) is 10.9. The van der Waals surface area contributed by atoms with Crippen LogP contribution in [0.4, 0.5) is 11.4 Å². The van der Waals surface area contributed by atoms with E-state index < -0.39 is 10.0 Å². The van der Waals surface area contributed by atoms with Crippen molar-refractivity contribution in [1.82, 2.24) is 0 Å². The SMILES string of the molecule is Cc1ccc(N)c(C)c1S(=O)(=O)Nc1cccc(C#N)c1. The standard InChI is InChI=1S/C15H15N3O2S/c1-10-6-7-14(17)11(2)15(10)21(19,20)18-13-5-3-4-12(8-13)9-16/h3-8,18H,17H2,1-2H3. The first-order chi connectivity index (χ1) is 9.85. The molecule has 5 nitrogen and oxygen atoms in total. The minimum Gasteiger partial charge on any atom is -0.398 e. The van der Waals surface area contributed by atoms with Crippen LogP contribution in [0, 0.1) is 25.2 Å². The molecule has 0 radical (unpaired) electrons. The fourth-order valence-electron chi connectivity index (χ4n) is 2.11. The third kappa shape index (κ3) is 2.98. The van der Waals surface area contributed by atoms with Crippen LogP contribution in [0.2, 0.25) is 0 Å². The molecule has 3 N–H and O–H groups in total. The van der Waals surface area contributed by atoms with Crippen LogP contribution in [-0.4, -0.2) is 8.42 Å². The van der Waals surface area contributed by atoms with Gasteiger partial charge in [-0.25, -0.2) is 8.42 Å². The molecule has 0 spiro atoms. The number of rotatable bonds is 3. The molecule has 0 heterocycles. The van der Waals surface area contributed by atoms with Gasteiger partial charge in [-0.05, 0) is 49.2 Å². The van der Waals surface area contributed by atoms with Gasteiger partial charge in [0.25, 0.3) is 10.0 Å². The van der Waals surface area contributed by atoms with Crippen LogP contribution in [0.15, 0.2) is 41.3 Å². The molecule has 0 atom stereocenters. The third-order valence-corrected chi connectivity index (χ3v) is 4.83. The second-order valence-corrected chi connectivity index (χ2v) is 6.34. The molecule has 0 aromatic heterocycles. The maximum Gasteiger partial charge on any atom is 0.262 e. The summed E-state index contributed by atoms with van der Waals surface area (Å²) >= 11 is 0. The van der Waals surface area contributed by atoms with Gasteiger partial charge in [-0.2, -0.15) is 5.26 Å². The smallest absolute Gasteiger partial charge is 0.262 e. The quantitative estimate of drug-likeness (QED) is 0.851. The number of hydrogen-bond donors (Lipinski definition) is 2. The van der Waals surface area contributed by atoms with E-state index in [-0.39, 0.29) is 4.90 Å². The van der Waals surface area contributed by atoms with E-state index in [0.717, 1.165) is 0 Å². The highest BCUT2D eigenvalue weighted by Gasteiger charge is 2.21. The Balaban J connectivity index is 2.49. The van der Waals surface area contributed by atoms with Crippen molar-refractivity contribution >= 4 is 21.4 Å². The van der Waals surface area contributed by atoms with Crippen molar-refractivity contribution in [3.8, 4) is 6.07 Å². The molecule has 2 aromatic carbocycles. The molecule has 0 saturated carbocycles. The Morgan fingerprint density at radius 3 is 2.57 bits per heavy atom. The van der Waals surface area contributed by atoms with Crippen LogP contribution < -0.4 is 10.5 Å². The predicted molar refractivity (Wildman–Crippen MR) is 82.3 cm³/mol. The lowest BCUT2D eigenvalue weighted by atomic mass is 10.1. The van der Waals surface area contributed by atoms with Gasteiger partial charge in [0.1, 0.15) is 0 Å². The van der Waals surface area contributed by atoms with Crippen LogP contribution in [0.5, 0.6) is 0 Å². The molecular formula is C15H15N3O2S. The number of benzene rings is 2. The lowest BCUT2D eigenvalue weighted by molar-refractivity contribution is 0.600. The second-order valence-electron chi connectivity index (χ2n) is 4.72. The number of nitrogens with two attached hydrogens (primary N) is 1. The first-order valence-electron chi connectivity index (χ1n) is 6.24. The van der Waals surface area contributed by atoms with Crippen LogP contribution in [0.3, 0.4) is 0 Å². The summed E-state index contributed by atoms with van der Waals surface area (Å²) in [6, 6.07) is 11.6. The van der Waals surface area contributed by atoms with Gasteiger partial charge in [-0.15, -0.1) is 0 Å². The topological polar surface area (TPSA) is 96.0 Å². The van der Waals surface area contributed by atoms with E-state index in [0.29, 0.717) is 28.1 Å². The molecule has 0 bridgehead atoms. The summed E-state index contributed by atoms with van der Waals surface area (Å²) < 4.78 is 27.6. The molecular weight excluding hydrogens is 286 g/mol. The third-order valence-electron chi connectivity index (χ3n) is 3.16. The summed E-state index contributed by atoms with van der Waals surface area (Å²) in [4.78, 5) is 0.171. The summed E-state index contributed by atoms with van der Waals surface area (Å²) in [5, 5.41) is 8.86. The van der Waals surface area contributed by atoms with E-state index in [1.165, 1.54) is 6.07 Å². The number of nitrogens with zero attached hydrogens (tertiary/aromatic N) is 1. The van der Waals surface area contributed by atoms with Gasteiger partial charge in [-0.3, -0.25) is 4.72 Å². The molecule has 0 fully saturated rings. The first-order valence-corrected chi connectivity index (χ1v) is 7.72. The highest BCUT2D eigenvalue weighted by Crippen LogP contribution is 2.26. The fraction of sp³-hybridized carbons (Fsp3) is 0.133. The molecule has 2 aromatic rings. The first kappa shape index (κ1) is 14.9. The molecule has 0 aliphatic carbocycles. The lowest BCUT2D eigenvalue weighted by Crippen LogP contribution is -2.16. The van der Waals surface area contributed by atoms with E-state index >= 15 is 0 Å². The van der Waals surface area contributed by atoms with Crippen LogP contribution in [0.1, 0.15) is 16.7 Å². The molecule has 0 aliphatic heterocycles. The molecule has 21 heavy (non-hydrogen) atoms. The van der Waals surface area contributed by atoms with Crippen molar-refractivity contribution in [2.75, 3.05) is 10.5 Å². The van der Waals surface area contributed by atoms with E-state index in [1.54, 1.807) is 44.2 Å². The van der Waals surface area contributed by atoms with Crippen molar-refractivity contribution in [2.45, 2.75) is 18.7 Å². The Hall–Kier alpha value is -2.52. The highest BCUT2D eigenvalue weighted by molar-refractivity contribution is 7.92. The van der Waals surface area contributed by atoms with Crippen LogP contribution in [0.25, 0.3) is 0 Å². The average Bonchev–Trinajstić information content (AvgIpc) is 2.42. The maximum atomic E-state index is 12.5. The number of nitrogens with one attached hydrogen (secondary N) is 1. The zero-order valence-electron chi connectivity index (χ0n) is 11.7. The minimum absolute atomic E-state index is 0.171. The van der Waals surface area contributed by atoms with E-state index in [2.05, 4.69) is 4.72 Å². The minimum atomic E-state index is -3.76. The van der Waals surface area contributed by atoms with Gasteiger partial charge < -0.3 is 5.73 Å². The fourth-order valence-corrected chi connectivity index (χ4v) is 3.67. The molecule has 108 valence electrons. The van der Waals surface area contributed by atoms with Gasteiger partial charge in [0.2, 0.25) is 0 Å². The zero-order chi connectivity index (χ0) is 15.6. The second kappa shape index (κ2) is 5.46. The predicted octanol–water partition coefficient (Wildman–Crippen LogP) is 2.56. The summed E-state index contributed by atoms with van der Waals surface area (Å²) in [7, 11) is -3.76. The molecule has 0 aliphatic rings. The van der Waals surface area contributed by atoms with Crippen molar-refractivity contribution < 1.29 is 8.42 Å². The summed E-state index contributed by atoms with van der Waals surface area (Å²) in [5.41, 5.74) is 8.07. The van der Waals surface area contributed by atoms with Gasteiger partial charge in [0.15, 0.2) is 0 Å². The largest absolute Gasteiger partial charge is 0.398 e. The van der Waals surface area contributed by atoms with Crippen molar-refractivity contribution in [2.24, 2.45) is 0 Å². The van der Waals surface area contributed by atoms with Crippen LogP contribution >= 0.6 is 0 Å². The van der Waals surface area contributed by atoms with Crippen molar-refractivity contribution in [3.63, 3.8) is 0 Å². The Labute approximate surface area is 124 Å². The van der Waals surface area contributed by atoms with Crippen LogP contribution in [-0.2, 0) is 10.0 Å². The number of aryl methyl sites for hydroxylation is 1. The van der Waals surface area contributed by atoms with Gasteiger partial charge in [0.05, 0.1) is 22.2 Å². The molecule has 0 unspecified atom stereocenters. The number of nitriles is 1. The number of hydrogen-bond acceptors (Lipinski definition) is 4. The molecule has 6 heteroatoms. The average molecular weight is 301 g/mol. The summed E-state index contributed by atoms with van der Waals surface area (Å²) in [5.74, 6) is 0. The lowest BCUT2D eigenvalue weighted by Gasteiger charge is -2.14. The number of sulfonamides is 1. The van der Waals surface area contributed by atoms with Gasteiger partial charge in [-0.1, -0.05) is 12.1 Å². The molecule has 0 amide bonds. The summed E-state index contributed by atoms with van der Waals surface area (Å²) in [6.07, 6.45) is 0. The van der Waals surface area contributed by atoms with Gasteiger partial charge >= 0.3 is 0 Å². The molecule has 0 saturated heterocycles.